The molecule has 1 aromatic carbocycles. The Balaban J connectivity index is 2.94. The van der Waals surface area contributed by atoms with Gasteiger partial charge in [-0.3, -0.25) is 0 Å². The molecule has 3 heteroatoms. The molecule has 0 atom stereocenters. The zero-order valence-electron chi connectivity index (χ0n) is 6.23. The van der Waals surface area contributed by atoms with Gasteiger partial charge in [0.25, 0.3) is 0 Å². The van der Waals surface area contributed by atoms with Gasteiger partial charge < -0.3 is 0 Å². The fraction of sp³-hybridized carbons (Fsp3) is 0.111. The summed E-state index contributed by atoms with van der Waals surface area (Å²) >= 11 is 10.2. The van der Waals surface area contributed by atoms with Crippen LogP contribution < -0.4 is 0 Å². The minimum atomic E-state index is -0.394. The number of benzene rings is 1. The van der Waals surface area contributed by atoms with E-state index in [1.807, 2.05) is 30.3 Å². The Kier molecular flexibility index (Phi) is 3.56. The lowest BCUT2D eigenvalue weighted by Gasteiger charge is -2.15. The molecule has 1 rings (SSSR count). The number of halogens is 3. The van der Waals surface area contributed by atoms with E-state index in [1.54, 1.807) is 0 Å². The zero-order chi connectivity index (χ0) is 9.19. The van der Waals surface area contributed by atoms with Gasteiger partial charge >= 0.3 is 0 Å². The molecule has 64 valence electrons. The summed E-state index contributed by atoms with van der Waals surface area (Å²) in [6.45, 7) is 3.96. The molecule has 0 nitrogen and oxygen atoms in total. The van der Waals surface area contributed by atoms with Crippen LogP contribution in [0.25, 0.3) is 5.57 Å². The second kappa shape index (κ2) is 4.07. The second-order valence-electron chi connectivity index (χ2n) is 2.34. The van der Waals surface area contributed by atoms with Crippen LogP contribution >= 0.6 is 47.8 Å². The van der Waals surface area contributed by atoms with Crippen LogP contribution in [-0.4, -0.2) is 2.14 Å². The Hall–Kier alpha value is 0.400. The molecule has 0 saturated heterocycles. The van der Waals surface area contributed by atoms with E-state index in [0.717, 1.165) is 11.1 Å². The Morgan fingerprint density at radius 1 is 1.08 bits per heavy atom. The fourth-order valence-electron chi connectivity index (χ4n) is 0.803. The smallest absolute Gasteiger partial charge is 0.0921 e. The summed E-state index contributed by atoms with van der Waals surface area (Å²) in [5, 5.41) is 0. The first-order chi connectivity index (χ1) is 5.52. The molecule has 0 amide bonds. The Morgan fingerprint density at radius 3 is 2.00 bits per heavy atom. The quantitative estimate of drug-likeness (QED) is 0.650. The standard InChI is InChI=1S/C9H7Br3/c1-7(9(10,11)12)8-5-3-2-4-6-8/h2-6H,1H2. The van der Waals surface area contributed by atoms with Crippen molar-refractivity contribution in [2.24, 2.45) is 0 Å². The van der Waals surface area contributed by atoms with Crippen LogP contribution in [0.4, 0.5) is 0 Å². The summed E-state index contributed by atoms with van der Waals surface area (Å²) in [6, 6.07) is 9.98. The predicted octanol–water partition coefficient (Wildman–Crippen LogP) is 4.54. The van der Waals surface area contributed by atoms with Gasteiger partial charge in [0.15, 0.2) is 2.14 Å². The number of hydrogen-bond acceptors (Lipinski definition) is 0. The molecule has 0 unspecified atom stereocenters. The fourth-order valence-corrected chi connectivity index (χ4v) is 1.49. The molecular formula is C9H7Br3. The number of allylic oxidation sites excluding steroid dienone is 1. The first-order valence-electron chi connectivity index (χ1n) is 3.33. The van der Waals surface area contributed by atoms with Crippen LogP contribution in [0.5, 0.6) is 0 Å². The topological polar surface area (TPSA) is 0 Å². The molecule has 12 heavy (non-hydrogen) atoms. The van der Waals surface area contributed by atoms with E-state index in [2.05, 4.69) is 54.4 Å². The van der Waals surface area contributed by atoms with Crippen LogP contribution in [0.15, 0.2) is 36.9 Å². The van der Waals surface area contributed by atoms with Gasteiger partial charge in [0, 0.05) is 0 Å². The lowest BCUT2D eigenvalue weighted by molar-refractivity contribution is 1.55. The van der Waals surface area contributed by atoms with E-state index in [4.69, 9.17) is 0 Å². The third-order valence-electron chi connectivity index (χ3n) is 1.46. The molecule has 0 aliphatic heterocycles. The van der Waals surface area contributed by atoms with Gasteiger partial charge in [0.05, 0.1) is 0 Å². The lowest BCUT2D eigenvalue weighted by Crippen LogP contribution is -2.01. The van der Waals surface area contributed by atoms with Crippen LogP contribution in [-0.2, 0) is 0 Å². The number of alkyl halides is 3. The van der Waals surface area contributed by atoms with Gasteiger partial charge in [0.1, 0.15) is 0 Å². The molecule has 0 aliphatic rings. The maximum absolute atomic E-state index is 3.96. The average molecular weight is 355 g/mol. The van der Waals surface area contributed by atoms with Crippen LogP contribution in [0.1, 0.15) is 5.56 Å². The van der Waals surface area contributed by atoms with E-state index in [-0.39, 0.29) is 0 Å². The van der Waals surface area contributed by atoms with E-state index < -0.39 is 2.14 Å². The Bertz CT molecular complexity index is 272. The highest BCUT2D eigenvalue weighted by molar-refractivity contribution is 9.39. The minimum absolute atomic E-state index is 0.394. The lowest BCUT2D eigenvalue weighted by atomic mass is 10.1. The molecule has 0 N–H and O–H groups in total. The monoisotopic (exact) mass is 352 g/mol. The molecule has 0 spiro atoms. The first kappa shape index (κ1) is 10.5. The van der Waals surface area contributed by atoms with Crippen molar-refractivity contribution in [2.75, 3.05) is 0 Å². The molecule has 0 aromatic heterocycles. The van der Waals surface area contributed by atoms with E-state index in [0.29, 0.717) is 0 Å². The molecule has 0 saturated carbocycles. The highest BCUT2D eigenvalue weighted by Crippen LogP contribution is 2.44. The minimum Gasteiger partial charge on any atom is -0.0921 e. The molecular weight excluding hydrogens is 348 g/mol. The van der Waals surface area contributed by atoms with Gasteiger partial charge in [-0.05, 0) is 11.1 Å². The average Bonchev–Trinajstić information content (AvgIpc) is 2.03. The van der Waals surface area contributed by atoms with Gasteiger partial charge in [-0.15, -0.1) is 0 Å². The van der Waals surface area contributed by atoms with Crippen LogP contribution in [0.2, 0.25) is 0 Å². The summed E-state index contributed by atoms with van der Waals surface area (Å²) in [5.74, 6) is 0. The van der Waals surface area contributed by atoms with Crippen molar-refractivity contribution in [2.45, 2.75) is 2.14 Å². The first-order valence-corrected chi connectivity index (χ1v) is 5.71. The summed E-state index contributed by atoms with van der Waals surface area (Å²) in [7, 11) is 0. The largest absolute Gasteiger partial charge is 0.159 e. The van der Waals surface area contributed by atoms with Gasteiger partial charge in [-0.25, -0.2) is 0 Å². The molecule has 0 heterocycles. The van der Waals surface area contributed by atoms with Crippen molar-refractivity contribution in [3.05, 3.63) is 42.5 Å². The predicted molar refractivity (Wildman–Crippen MR) is 65.0 cm³/mol. The molecule has 0 bridgehead atoms. The Labute approximate surface area is 97.4 Å². The van der Waals surface area contributed by atoms with Crippen molar-refractivity contribution in [1.82, 2.24) is 0 Å². The molecule has 0 fully saturated rings. The summed E-state index contributed by atoms with van der Waals surface area (Å²) in [6.07, 6.45) is 0. The van der Waals surface area contributed by atoms with Gasteiger partial charge in [0.2, 0.25) is 0 Å². The second-order valence-corrected chi connectivity index (χ2v) is 9.10. The highest BCUT2D eigenvalue weighted by atomic mass is 80.0. The van der Waals surface area contributed by atoms with Crippen molar-refractivity contribution in [1.29, 1.82) is 0 Å². The molecule has 1 aromatic rings. The molecule has 0 radical (unpaired) electrons. The summed E-state index contributed by atoms with van der Waals surface area (Å²) < 4.78 is -0.394. The van der Waals surface area contributed by atoms with Crippen LogP contribution in [0, 0.1) is 0 Å². The SMILES string of the molecule is C=C(c1ccccc1)C(Br)(Br)Br. The highest BCUT2D eigenvalue weighted by Gasteiger charge is 2.22. The zero-order valence-corrected chi connectivity index (χ0v) is 11.0. The normalized spacial score (nSPS) is 11.2. The van der Waals surface area contributed by atoms with Crippen molar-refractivity contribution < 1.29 is 0 Å². The third-order valence-corrected chi connectivity index (χ3v) is 2.90. The van der Waals surface area contributed by atoms with E-state index in [1.165, 1.54) is 0 Å². The van der Waals surface area contributed by atoms with Crippen molar-refractivity contribution in [3.8, 4) is 0 Å². The van der Waals surface area contributed by atoms with E-state index >= 15 is 0 Å². The number of hydrogen-bond donors (Lipinski definition) is 0. The maximum Gasteiger partial charge on any atom is 0.159 e. The third kappa shape index (κ3) is 2.71. The summed E-state index contributed by atoms with van der Waals surface area (Å²) in [4.78, 5) is 0. The van der Waals surface area contributed by atoms with E-state index in [9.17, 15) is 0 Å². The van der Waals surface area contributed by atoms with Crippen molar-refractivity contribution in [3.63, 3.8) is 0 Å². The maximum atomic E-state index is 3.96. The van der Waals surface area contributed by atoms with Crippen LogP contribution in [0.3, 0.4) is 0 Å². The van der Waals surface area contributed by atoms with Gasteiger partial charge in [-0.2, -0.15) is 0 Å². The number of rotatable bonds is 1. The van der Waals surface area contributed by atoms with Gasteiger partial charge in [-0.1, -0.05) is 84.7 Å². The summed E-state index contributed by atoms with van der Waals surface area (Å²) in [5.41, 5.74) is 2.05. The Morgan fingerprint density at radius 2 is 1.58 bits per heavy atom. The van der Waals surface area contributed by atoms with Crippen molar-refractivity contribution >= 4 is 53.4 Å². The molecule has 0 aliphatic carbocycles.